The Hall–Kier alpha value is -1.65. The van der Waals surface area contributed by atoms with Crippen LogP contribution in [-0.2, 0) is 4.79 Å². The van der Waals surface area contributed by atoms with Gasteiger partial charge in [0.2, 0.25) is 5.91 Å². The molecule has 5 heteroatoms. The van der Waals surface area contributed by atoms with Crippen LogP contribution in [0, 0.1) is 0 Å². The van der Waals surface area contributed by atoms with E-state index in [0.29, 0.717) is 12.0 Å². The van der Waals surface area contributed by atoms with Crippen LogP contribution in [0.5, 0.6) is 0 Å². The van der Waals surface area contributed by atoms with Crippen molar-refractivity contribution in [3.8, 4) is 0 Å². The van der Waals surface area contributed by atoms with Gasteiger partial charge in [-0.15, -0.1) is 0 Å². The molecule has 2 fully saturated rings. The fraction of sp³-hybridized carbons (Fsp3) is 0.667. The molecule has 0 unspecified atom stereocenters. The molecule has 3 rings (SSSR count). The first-order chi connectivity index (χ1) is 9.65. The minimum Gasteiger partial charge on any atom is -0.356 e. The van der Waals surface area contributed by atoms with Crippen LogP contribution in [0.1, 0.15) is 44.3 Å². The summed E-state index contributed by atoms with van der Waals surface area (Å²) >= 11 is 0. The monoisotopic (exact) mass is 274 g/mol. The van der Waals surface area contributed by atoms with Crippen molar-refractivity contribution in [2.45, 2.75) is 44.6 Å². The predicted octanol–water partition coefficient (Wildman–Crippen LogP) is 1.80. The predicted molar refractivity (Wildman–Crippen MR) is 77.7 cm³/mol. The first-order valence-electron chi connectivity index (χ1n) is 7.46. The standard InChI is InChI=1S/C15H22N4O/c1-11(20)18(2)13-6-9-19(10-7-13)14-5-8-16-15(17-14)12-3-4-12/h5,8,12-13H,3-4,6-7,9-10H2,1-2H3. The van der Waals surface area contributed by atoms with Gasteiger partial charge in [0.15, 0.2) is 0 Å². The number of aromatic nitrogens is 2. The number of nitrogens with zero attached hydrogens (tertiary/aromatic N) is 4. The zero-order valence-electron chi connectivity index (χ0n) is 12.2. The van der Waals surface area contributed by atoms with Crippen LogP contribution in [0.4, 0.5) is 5.82 Å². The lowest BCUT2D eigenvalue weighted by Crippen LogP contribution is -2.45. The number of piperidine rings is 1. The van der Waals surface area contributed by atoms with Crippen molar-refractivity contribution >= 4 is 11.7 Å². The first kappa shape index (κ1) is 13.3. The van der Waals surface area contributed by atoms with Crippen LogP contribution in [-0.4, -0.2) is 47.0 Å². The molecular weight excluding hydrogens is 252 g/mol. The Morgan fingerprint density at radius 2 is 2.00 bits per heavy atom. The summed E-state index contributed by atoms with van der Waals surface area (Å²) in [5.41, 5.74) is 0. The van der Waals surface area contributed by atoms with Crippen LogP contribution in [0.15, 0.2) is 12.3 Å². The van der Waals surface area contributed by atoms with Gasteiger partial charge in [-0.2, -0.15) is 0 Å². The van der Waals surface area contributed by atoms with Crippen LogP contribution < -0.4 is 4.90 Å². The van der Waals surface area contributed by atoms with Gasteiger partial charge in [-0.25, -0.2) is 9.97 Å². The molecule has 1 amide bonds. The Kier molecular flexibility index (Phi) is 3.59. The molecule has 0 spiro atoms. The van der Waals surface area contributed by atoms with Gasteiger partial charge in [0.05, 0.1) is 0 Å². The van der Waals surface area contributed by atoms with Crippen LogP contribution in [0.25, 0.3) is 0 Å². The van der Waals surface area contributed by atoms with Gasteiger partial charge in [-0.05, 0) is 31.7 Å². The van der Waals surface area contributed by atoms with Gasteiger partial charge in [0.1, 0.15) is 11.6 Å². The molecule has 2 heterocycles. The molecule has 20 heavy (non-hydrogen) atoms. The Balaban J connectivity index is 1.63. The Bertz CT molecular complexity index is 492. The summed E-state index contributed by atoms with van der Waals surface area (Å²) in [6.45, 7) is 3.56. The molecule has 1 aromatic rings. The highest BCUT2D eigenvalue weighted by Gasteiger charge is 2.28. The van der Waals surface area contributed by atoms with Crippen molar-refractivity contribution in [2.24, 2.45) is 0 Å². The molecule has 1 aliphatic heterocycles. The molecule has 0 atom stereocenters. The number of amides is 1. The van der Waals surface area contributed by atoms with E-state index >= 15 is 0 Å². The summed E-state index contributed by atoms with van der Waals surface area (Å²) in [6, 6.07) is 2.37. The highest BCUT2D eigenvalue weighted by Crippen LogP contribution is 2.38. The maximum atomic E-state index is 11.4. The molecule has 1 saturated heterocycles. The fourth-order valence-corrected chi connectivity index (χ4v) is 2.82. The van der Waals surface area contributed by atoms with Gasteiger partial charge in [-0.1, -0.05) is 0 Å². The normalized spacial score (nSPS) is 20.0. The smallest absolute Gasteiger partial charge is 0.219 e. The maximum absolute atomic E-state index is 11.4. The van der Waals surface area contributed by atoms with E-state index in [2.05, 4.69) is 9.88 Å². The molecule has 2 aliphatic rings. The third kappa shape index (κ3) is 2.76. The first-order valence-corrected chi connectivity index (χ1v) is 7.46. The second-order valence-corrected chi connectivity index (χ2v) is 5.90. The van der Waals surface area contributed by atoms with Crippen LogP contribution >= 0.6 is 0 Å². The lowest BCUT2D eigenvalue weighted by atomic mass is 10.0. The Labute approximate surface area is 120 Å². The molecule has 0 N–H and O–H groups in total. The van der Waals surface area contributed by atoms with E-state index < -0.39 is 0 Å². The van der Waals surface area contributed by atoms with Gasteiger partial charge >= 0.3 is 0 Å². The van der Waals surface area contributed by atoms with Crippen molar-refractivity contribution in [2.75, 3.05) is 25.0 Å². The number of rotatable bonds is 3. The van der Waals surface area contributed by atoms with E-state index in [4.69, 9.17) is 4.98 Å². The van der Waals surface area contributed by atoms with E-state index in [1.165, 1.54) is 12.8 Å². The molecule has 0 radical (unpaired) electrons. The van der Waals surface area contributed by atoms with E-state index in [9.17, 15) is 4.79 Å². The van der Waals surface area contributed by atoms with Gasteiger partial charge in [0, 0.05) is 45.2 Å². The fourth-order valence-electron chi connectivity index (χ4n) is 2.82. The van der Waals surface area contributed by atoms with Crippen molar-refractivity contribution < 1.29 is 4.79 Å². The lowest BCUT2D eigenvalue weighted by molar-refractivity contribution is -0.129. The molecule has 108 valence electrons. The minimum absolute atomic E-state index is 0.154. The van der Waals surface area contributed by atoms with Crippen molar-refractivity contribution in [1.82, 2.24) is 14.9 Å². The summed E-state index contributed by atoms with van der Waals surface area (Å²) in [6.07, 6.45) is 6.37. The lowest BCUT2D eigenvalue weighted by Gasteiger charge is -2.37. The van der Waals surface area contributed by atoms with Crippen LogP contribution in [0.3, 0.4) is 0 Å². The minimum atomic E-state index is 0.154. The highest BCUT2D eigenvalue weighted by atomic mass is 16.2. The molecule has 1 aromatic heterocycles. The largest absolute Gasteiger partial charge is 0.356 e. The van der Waals surface area contributed by atoms with Crippen molar-refractivity contribution in [3.05, 3.63) is 18.1 Å². The van der Waals surface area contributed by atoms with E-state index in [-0.39, 0.29) is 5.91 Å². The number of carbonyl (C=O) groups excluding carboxylic acids is 1. The molecule has 0 aromatic carbocycles. The van der Waals surface area contributed by atoms with Crippen molar-refractivity contribution in [1.29, 1.82) is 0 Å². The third-order valence-corrected chi connectivity index (χ3v) is 4.43. The SMILES string of the molecule is CC(=O)N(C)C1CCN(c2ccnc(C3CC3)n2)CC1. The van der Waals surface area contributed by atoms with Crippen molar-refractivity contribution in [3.63, 3.8) is 0 Å². The Morgan fingerprint density at radius 3 is 2.60 bits per heavy atom. The number of hydrogen-bond donors (Lipinski definition) is 0. The number of anilines is 1. The maximum Gasteiger partial charge on any atom is 0.219 e. The zero-order valence-corrected chi connectivity index (χ0v) is 12.2. The Morgan fingerprint density at radius 1 is 1.30 bits per heavy atom. The average molecular weight is 274 g/mol. The molecule has 1 aliphatic carbocycles. The molecular formula is C15H22N4O. The molecule has 0 bridgehead atoms. The molecule has 1 saturated carbocycles. The summed E-state index contributed by atoms with van der Waals surface area (Å²) in [5.74, 6) is 2.80. The van der Waals surface area contributed by atoms with E-state index in [0.717, 1.165) is 37.6 Å². The second-order valence-electron chi connectivity index (χ2n) is 5.90. The number of carbonyl (C=O) groups is 1. The highest BCUT2D eigenvalue weighted by molar-refractivity contribution is 5.73. The summed E-state index contributed by atoms with van der Waals surface area (Å²) in [4.78, 5) is 24.7. The molecule has 5 nitrogen and oxygen atoms in total. The quantitative estimate of drug-likeness (QED) is 0.843. The zero-order chi connectivity index (χ0) is 14.1. The van der Waals surface area contributed by atoms with Crippen LogP contribution in [0.2, 0.25) is 0 Å². The van der Waals surface area contributed by atoms with Gasteiger partial charge in [-0.3, -0.25) is 4.79 Å². The second kappa shape index (κ2) is 5.38. The summed E-state index contributed by atoms with van der Waals surface area (Å²) in [7, 11) is 1.90. The van der Waals surface area contributed by atoms with E-state index in [1.807, 2.05) is 24.2 Å². The third-order valence-electron chi connectivity index (χ3n) is 4.43. The topological polar surface area (TPSA) is 49.3 Å². The average Bonchev–Trinajstić information content (AvgIpc) is 3.31. The summed E-state index contributed by atoms with van der Waals surface area (Å²) < 4.78 is 0. The van der Waals surface area contributed by atoms with Gasteiger partial charge in [0.25, 0.3) is 0 Å². The summed E-state index contributed by atoms with van der Waals surface area (Å²) in [5, 5.41) is 0. The van der Waals surface area contributed by atoms with Gasteiger partial charge < -0.3 is 9.80 Å². The number of hydrogen-bond acceptors (Lipinski definition) is 4. The van der Waals surface area contributed by atoms with E-state index in [1.54, 1.807) is 6.92 Å².